The van der Waals surface area contributed by atoms with Gasteiger partial charge in [0.2, 0.25) is 0 Å². The monoisotopic (exact) mass is 1400 g/mol. The summed E-state index contributed by atoms with van der Waals surface area (Å²) in [5.74, 6) is -1.89. The van der Waals surface area contributed by atoms with Gasteiger partial charge in [-0.3, -0.25) is 28.8 Å². The van der Waals surface area contributed by atoms with Crippen LogP contribution in [0, 0.1) is 0 Å². The fourth-order valence-electron chi connectivity index (χ4n) is 7.56. The van der Waals surface area contributed by atoms with E-state index in [-0.39, 0.29) is 188 Å². The minimum Gasteiger partial charge on any atom is -0.463 e. The Kier molecular flexibility index (Phi) is 62.6. The molecular weight excluding hydrogens is 1300 g/mol. The van der Waals surface area contributed by atoms with E-state index in [1.54, 1.807) is 48.5 Å². The predicted molar refractivity (Wildman–Crippen MR) is 346 cm³/mol. The van der Waals surface area contributed by atoms with Crippen molar-refractivity contribution in [2.45, 2.75) is 103 Å². The lowest BCUT2D eigenvalue weighted by Gasteiger charge is -2.09. The van der Waals surface area contributed by atoms with Gasteiger partial charge in [-0.25, -0.2) is 4.79 Å². The molecule has 0 amide bonds. The van der Waals surface area contributed by atoms with Gasteiger partial charge in [-0.2, -0.15) is 0 Å². The van der Waals surface area contributed by atoms with E-state index in [0.717, 1.165) is 0 Å². The normalized spacial score (nSPS) is 11.1. The van der Waals surface area contributed by atoms with Crippen LogP contribution in [0.5, 0.6) is 5.75 Å². The lowest BCUT2D eigenvalue weighted by molar-refractivity contribution is -0.146. The Hall–Kier alpha value is -5.91. The van der Waals surface area contributed by atoms with Gasteiger partial charge in [0, 0.05) is 65.1 Å². The van der Waals surface area contributed by atoms with E-state index in [2.05, 4.69) is 0 Å². The zero-order valence-electron chi connectivity index (χ0n) is 57.2. The fourth-order valence-corrected chi connectivity index (χ4v) is 7.56. The number of carbonyl (C=O) groups is 7. The molecule has 0 spiro atoms. The molecule has 0 heterocycles. The van der Waals surface area contributed by atoms with Gasteiger partial charge in [0.05, 0.1) is 124 Å². The van der Waals surface area contributed by atoms with Crippen LogP contribution in [0.3, 0.4) is 0 Å². The highest BCUT2D eigenvalue weighted by Crippen LogP contribution is 2.10. The number of unbranched alkanes of at least 4 members (excludes halogenated alkanes) is 5. The van der Waals surface area contributed by atoms with Gasteiger partial charge < -0.3 is 109 Å². The van der Waals surface area contributed by atoms with Crippen molar-refractivity contribution in [2.75, 3.05) is 219 Å². The number of carbonyl (C=O) groups excluding carboxylic acids is 7. The van der Waals surface area contributed by atoms with Gasteiger partial charge in [-0.05, 0) is 88.5 Å². The Morgan fingerprint density at radius 2 is 0.439 bits per heavy atom. The molecule has 2 aromatic carbocycles. The summed E-state index contributed by atoms with van der Waals surface area (Å²) in [4.78, 5) is 83.4. The molecule has 2 rings (SSSR count). The van der Waals surface area contributed by atoms with Gasteiger partial charge >= 0.3 is 41.8 Å². The minimum absolute atomic E-state index is 0.0887. The molecule has 0 N–H and O–H groups in total. The SMILES string of the molecule is O=C(CCCCOCOCCOCCOC(=O)CCCCOCOCCOCCOC(=O)CCCCOCOCCOCCOC(=O)c1ccccc1)OCCOCCOCOCCCCC(=O)OCCOCCOCOCCCCC(=O)OCCOCCC(=O)Oc1ccccc1. The van der Waals surface area contributed by atoms with Gasteiger partial charge in [-0.15, -0.1) is 0 Å². The molecule has 30 nitrogen and oxygen atoms in total. The smallest absolute Gasteiger partial charge is 0.338 e. The third-order valence-electron chi connectivity index (χ3n) is 12.6. The van der Waals surface area contributed by atoms with Crippen molar-refractivity contribution >= 4 is 41.8 Å². The quantitative estimate of drug-likeness (QED) is 0.0225. The molecule has 0 unspecified atom stereocenters. The van der Waals surface area contributed by atoms with Crippen LogP contribution in [0.4, 0.5) is 0 Å². The molecule has 0 saturated heterocycles. The first-order chi connectivity index (χ1) is 48.2. The lowest BCUT2D eigenvalue weighted by atomic mass is 10.2. The molecule has 0 bridgehead atoms. The average molecular weight is 1410 g/mol. The standard InChI is InChI=1S/C68H108O30/c69-62(92-49-43-76-32-26-67(74)98-61-19-5-2-6-20-61)21-7-12-27-82-55-87-38-33-77-44-50-93-63(70)22-8-13-28-83-56-88-39-34-78-45-51-94-64(71)23-9-14-29-84-57-89-40-35-79-46-52-95-65(72)24-10-15-30-85-58-90-41-36-80-47-53-96-66(73)25-11-16-31-86-59-91-42-37-81-48-54-97-68(75)60-17-3-1-4-18-60/h1-6,17-20H,7-16,21-59H2. The van der Waals surface area contributed by atoms with Crippen molar-refractivity contribution in [3.63, 3.8) is 0 Å². The van der Waals surface area contributed by atoms with Crippen LogP contribution in [0.25, 0.3) is 0 Å². The number of rotatable bonds is 73. The Morgan fingerprint density at radius 3 is 0.735 bits per heavy atom. The zero-order chi connectivity index (χ0) is 70.2. The summed E-state index contributed by atoms with van der Waals surface area (Å²) in [6, 6.07) is 17.5. The van der Waals surface area contributed by atoms with E-state index >= 15 is 0 Å². The van der Waals surface area contributed by atoms with Crippen LogP contribution in [0.1, 0.15) is 113 Å². The summed E-state index contributed by atoms with van der Waals surface area (Å²) in [6.07, 6.45) is 7.79. The molecule has 30 heteroatoms. The number of para-hydroxylation sites is 1. The molecule has 0 aliphatic carbocycles. The molecule has 560 valence electrons. The first kappa shape index (κ1) is 88.2. The van der Waals surface area contributed by atoms with Gasteiger partial charge in [-0.1, -0.05) is 36.4 Å². The van der Waals surface area contributed by atoms with Crippen molar-refractivity contribution in [2.24, 2.45) is 0 Å². The topological polar surface area (TPSA) is 332 Å². The molecule has 0 radical (unpaired) electrons. The van der Waals surface area contributed by atoms with Crippen molar-refractivity contribution in [1.29, 1.82) is 0 Å². The van der Waals surface area contributed by atoms with E-state index < -0.39 is 11.9 Å². The summed E-state index contributed by atoms with van der Waals surface area (Å²) in [5.41, 5.74) is 0.494. The zero-order valence-corrected chi connectivity index (χ0v) is 57.2. The van der Waals surface area contributed by atoms with Crippen LogP contribution in [0.2, 0.25) is 0 Å². The highest BCUT2D eigenvalue weighted by molar-refractivity contribution is 5.89. The van der Waals surface area contributed by atoms with Crippen molar-refractivity contribution in [3.05, 3.63) is 66.2 Å². The minimum atomic E-state index is -0.399. The van der Waals surface area contributed by atoms with Crippen LogP contribution in [-0.2, 0) is 133 Å². The van der Waals surface area contributed by atoms with E-state index in [4.69, 9.17) is 109 Å². The first-order valence-electron chi connectivity index (χ1n) is 33.7. The van der Waals surface area contributed by atoms with Crippen LogP contribution in [-0.4, -0.2) is 261 Å². The maximum absolute atomic E-state index is 12.0. The summed E-state index contributed by atoms with van der Waals surface area (Å²) in [6.45, 7) is 8.28. The van der Waals surface area contributed by atoms with Crippen LogP contribution >= 0.6 is 0 Å². The number of hydrogen-bond acceptors (Lipinski definition) is 30. The number of benzene rings is 2. The highest BCUT2D eigenvalue weighted by atomic mass is 16.7. The first-order valence-corrected chi connectivity index (χ1v) is 33.7. The third-order valence-corrected chi connectivity index (χ3v) is 12.6. The number of ether oxygens (including phenoxy) is 23. The Labute approximate surface area is 576 Å². The number of hydrogen-bond donors (Lipinski definition) is 0. The Morgan fingerprint density at radius 1 is 0.204 bits per heavy atom. The second-order valence-electron chi connectivity index (χ2n) is 20.8. The van der Waals surface area contributed by atoms with E-state index in [1.165, 1.54) is 0 Å². The largest absolute Gasteiger partial charge is 0.463 e. The van der Waals surface area contributed by atoms with Gasteiger partial charge in [0.1, 0.15) is 79.4 Å². The maximum Gasteiger partial charge on any atom is 0.338 e. The van der Waals surface area contributed by atoms with Crippen molar-refractivity contribution in [3.8, 4) is 5.75 Å². The Balaban J connectivity index is 1.15. The maximum atomic E-state index is 12.0. The second-order valence-corrected chi connectivity index (χ2v) is 20.8. The Bertz CT molecular complexity index is 2200. The summed E-state index contributed by atoms with van der Waals surface area (Å²) in [7, 11) is 0. The lowest BCUT2D eigenvalue weighted by Crippen LogP contribution is -2.14. The molecular formula is C68H108O30. The molecule has 2 aromatic rings. The van der Waals surface area contributed by atoms with Crippen LogP contribution < -0.4 is 4.74 Å². The fraction of sp³-hybridized carbons (Fsp3) is 0.721. The molecule has 0 aliphatic rings. The van der Waals surface area contributed by atoms with Crippen LogP contribution in [0.15, 0.2) is 60.7 Å². The van der Waals surface area contributed by atoms with Gasteiger partial charge in [0.25, 0.3) is 0 Å². The third kappa shape index (κ3) is 62.4. The summed E-state index contributed by atoms with van der Waals surface area (Å²) in [5, 5.41) is 0. The van der Waals surface area contributed by atoms with E-state index in [1.807, 2.05) is 12.1 Å². The highest BCUT2D eigenvalue weighted by Gasteiger charge is 2.11. The number of esters is 7. The van der Waals surface area contributed by atoms with E-state index in [9.17, 15) is 33.6 Å². The second kappa shape index (κ2) is 69.6. The molecule has 98 heavy (non-hydrogen) atoms. The summed E-state index contributed by atoms with van der Waals surface area (Å²) < 4.78 is 122. The average Bonchev–Trinajstić information content (AvgIpc) is 1.19. The molecule has 0 fully saturated rings. The molecule has 0 saturated carbocycles. The van der Waals surface area contributed by atoms with Crippen molar-refractivity contribution in [1.82, 2.24) is 0 Å². The summed E-state index contributed by atoms with van der Waals surface area (Å²) >= 11 is 0. The predicted octanol–water partition coefficient (Wildman–Crippen LogP) is 6.46. The molecule has 0 aromatic heterocycles. The molecule has 0 atom stereocenters. The van der Waals surface area contributed by atoms with Crippen molar-refractivity contribution < 1.29 is 143 Å². The molecule has 0 aliphatic heterocycles. The van der Waals surface area contributed by atoms with E-state index in [0.29, 0.717) is 175 Å². The van der Waals surface area contributed by atoms with Gasteiger partial charge in [0.15, 0.2) is 0 Å².